The van der Waals surface area contributed by atoms with Gasteiger partial charge in [-0.15, -0.1) is 0 Å². The molecule has 2 aromatic heterocycles. The van der Waals surface area contributed by atoms with Crippen LogP contribution in [0.15, 0.2) is 59.7 Å². The molecule has 1 N–H and O–H groups in total. The van der Waals surface area contributed by atoms with Crippen LogP contribution in [0.25, 0.3) is 5.69 Å². The second kappa shape index (κ2) is 8.86. The number of benzene rings is 1. The van der Waals surface area contributed by atoms with E-state index in [1.54, 1.807) is 0 Å². The van der Waals surface area contributed by atoms with E-state index in [0.29, 0.717) is 0 Å². The lowest BCUT2D eigenvalue weighted by Gasteiger charge is -2.12. The number of carbonyl (C=O) groups excluding carboxylic acids is 1. The Morgan fingerprint density at radius 3 is 2.61 bits per heavy atom. The third-order valence-electron chi connectivity index (χ3n) is 3.97. The molecule has 0 unspecified atom stereocenters. The lowest BCUT2D eigenvalue weighted by Crippen LogP contribution is -2.28. The van der Waals surface area contributed by atoms with Crippen LogP contribution in [-0.2, 0) is 0 Å². The number of aromatic nitrogens is 2. The predicted octanol–water partition coefficient (Wildman–Crippen LogP) is 3.57. The van der Waals surface area contributed by atoms with E-state index in [0.717, 1.165) is 29.0 Å². The van der Waals surface area contributed by atoms with Crippen molar-refractivity contribution in [1.29, 1.82) is 0 Å². The molecule has 162 valence electrons. The zero-order valence-corrected chi connectivity index (χ0v) is 15.9. The Morgan fingerprint density at radius 1 is 1.19 bits per heavy atom. The van der Waals surface area contributed by atoms with E-state index < -0.39 is 30.1 Å². The molecule has 1 aromatic carbocycles. The number of nitrogens with one attached hydrogen (secondary N) is 1. The highest BCUT2D eigenvalue weighted by atomic mass is 19.4. The van der Waals surface area contributed by atoms with E-state index in [1.165, 1.54) is 37.6 Å². The van der Waals surface area contributed by atoms with Gasteiger partial charge in [-0.3, -0.25) is 14.2 Å². The van der Waals surface area contributed by atoms with Crippen LogP contribution in [0.2, 0.25) is 0 Å². The van der Waals surface area contributed by atoms with E-state index in [2.05, 4.69) is 15.0 Å². The molecule has 11 heteroatoms. The van der Waals surface area contributed by atoms with Gasteiger partial charge >= 0.3 is 6.18 Å². The molecule has 1 amide bonds. The number of anilines is 1. The van der Waals surface area contributed by atoms with Crippen LogP contribution < -0.4 is 20.3 Å². The Kier molecular flexibility index (Phi) is 6.23. The first-order valence-corrected chi connectivity index (χ1v) is 8.70. The first-order valence-electron chi connectivity index (χ1n) is 8.70. The average molecular weight is 437 g/mol. The number of ether oxygens (including phenoxy) is 2. The van der Waals surface area contributed by atoms with E-state index in [1.807, 2.05) is 0 Å². The van der Waals surface area contributed by atoms with Gasteiger partial charge in [-0.2, -0.15) is 13.2 Å². The zero-order valence-electron chi connectivity index (χ0n) is 15.9. The van der Waals surface area contributed by atoms with Crippen molar-refractivity contribution in [2.24, 2.45) is 0 Å². The van der Waals surface area contributed by atoms with Crippen molar-refractivity contribution in [2.75, 3.05) is 19.0 Å². The van der Waals surface area contributed by atoms with Gasteiger partial charge in [-0.05, 0) is 30.3 Å². The Hall–Kier alpha value is -3.89. The minimum absolute atomic E-state index is 0.0957. The molecule has 0 saturated carbocycles. The number of rotatable bonds is 6. The van der Waals surface area contributed by atoms with Gasteiger partial charge in [-0.25, -0.2) is 9.37 Å². The summed E-state index contributed by atoms with van der Waals surface area (Å²) in [6, 6.07) is 8.74. The predicted molar refractivity (Wildman–Crippen MR) is 102 cm³/mol. The van der Waals surface area contributed by atoms with Gasteiger partial charge in [0.15, 0.2) is 6.61 Å². The molecular formula is C20H15F4N3O4. The summed E-state index contributed by atoms with van der Waals surface area (Å²) in [6.07, 6.45) is -2.02. The Morgan fingerprint density at radius 2 is 1.97 bits per heavy atom. The van der Waals surface area contributed by atoms with Crippen molar-refractivity contribution in [2.45, 2.75) is 6.18 Å². The fourth-order valence-electron chi connectivity index (χ4n) is 2.60. The fourth-order valence-corrected chi connectivity index (χ4v) is 2.60. The van der Waals surface area contributed by atoms with Crippen LogP contribution in [0.3, 0.4) is 0 Å². The normalized spacial score (nSPS) is 11.1. The van der Waals surface area contributed by atoms with Gasteiger partial charge in [0.2, 0.25) is 5.88 Å². The molecule has 0 aliphatic heterocycles. The second-order valence-corrected chi connectivity index (χ2v) is 6.16. The van der Waals surface area contributed by atoms with Gasteiger partial charge in [0, 0.05) is 18.3 Å². The number of amides is 1. The summed E-state index contributed by atoms with van der Waals surface area (Å²) in [5, 5.41) is 2.43. The highest BCUT2D eigenvalue weighted by molar-refractivity contribution is 6.03. The van der Waals surface area contributed by atoms with Crippen molar-refractivity contribution in [3.05, 3.63) is 76.6 Å². The van der Waals surface area contributed by atoms with Crippen LogP contribution in [-0.4, -0.2) is 35.4 Å². The van der Waals surface area contributed by atoms with Crippen molar-refractivity contribution in [3.8, 4) is 17.3 Å². The molecule has 0 fully saturated rings. The average Bonchev–Trinajstić information content (AvgIpc) is 2.73. The van der Waals surface area contributed by atoms with Gasteiger partial charge in [-0.1, -0.05) is 0 Å². The fraction of sp³-hybridized carbons (Fsp3) is 0.150. The van der Waals surface area contributed by atoms with Gasteiger partial charge in [0.25, 0.3) is 11.5 Å². The summed E-state index contributed by atoms with van der Waals surface area (Å²) in [7, 11) is 1.31. The molecule has 3 rings (SSSR count). The minimum Gasteiger partial charge on any atom is -0.494 e. The molecular weight excluding hydrogens is 422 g/mol. The van der Waals surface area contributed by atoms with Crippen molar-refractivity contribution in [1.82, 2.24) is 9.55 Å². The Labute approximate surface area is 172 Å². The standard InChI is InChI=1S/C20H15F4N3O4/c1-30-16-9-12(21)4-6-15(16)27-8-2-3-14(19(27)29)18(28)26-13-5-7-17(25-10-13)31-11-20(22,23)24/h2-10H,11H2,1H3,(H,26,28). The monoisotopic (exact) mass is 437 g/mol. The Balaban J connectivity index is 1.80. The molecule has 0 aliphatic rings. The number of pyridine rings is 2. The molecule has 7 nitrogen and oxygen atoms in total. The maximum absolute atomic E-state index is 13.4. The summed E-state index contributed by atoms with van der Waals surface area (Å²) in [5.74, 6) is -1.51. The first-order chi connectivity index (χ1) is 14.7. The minimum atomic E-state index is -4.50. The number of methoxy groups -OCH3 is 1. The summed E-state index contributed by atoms with van der Waals surface area (Å²) < 4.78 is 60.7. The summed E-state index contributed by atoms with van der Waals surface area (Å²) in [4.78, 5) is 29.0. The number of carbonyl (C=O) groups is 1. The van der Waals surface area contributed by atoms with Crippen LogP contribution in [0.5, 0.6) is 11.6 Å². The molecule has 2 heterocycles. The lowest BCUT2D eigenvalue weighted by atomic mass is 10.2. The van der Waals surface area contributed by atoms with E-state index >= 15 is 0 Å². The summed E-state index contributed by atoms with van der Waals surface area (Å²) in [6.45, 7) is -1.50. The Bertz CT molecular complexity index is 1140. The second-order valence-electron chi connectivity index (χ2n) is 6.16. The topological polar surface area (TPSA) is 82.4 Å². The highest BCUT2D eigenvalue weighted by Gasteiger charge is 2.28. The van der Waals surface area contributed by atoms with Crippen molar-refractivity contribution in [3.63, 3.8) is 0 Å². The van der Waals surface area contributed by atoms with E-state index in [-0.39, 0.29) is 28.6 Å². The molecule has 0 aliphatic carbocycles. The molecule has 3 aromatic rings. The summed E-state index contributed by atoms with van der Waals surface area (Å²) in [5.41, 5.74) is -0.552. The van der Waals surface area contributed by atoms with Crippen LogP contribution in [0.4, 0.5) is 23.2 Å². The molecule has 0 spiro atoms. The smallest absolute Gasteiger partial charge is 0.422 e. The number of hydrogen-bond acceptors (Lipinski definition) is 5. The maximum Gasteiger partial charge on any atom is 0.422 e. The largest absolute Gasteiger partial charge is 0.494 e. The number of nitrogens with zero attached hydrogens (tertiary/aromatic N) is 2. The lowest BCUT2D eigenvalue weighted by molar-refractivity contribution is -0.154. The van der Waals surface area contributed by atoms with Crippen LogP contribution in [0, 0.1) is 5.82 Å². The SMILES string of the molecule is COc1cc(F)ccc1-n1cccc(C(=O)Nc2ccc(OCC(F)(F)F)nc2)c1=O. The number of halogens is 4. The molecule has 0 bridgehead atoms. The summed E-state index contributed by atoms with van der Waals surface area (Å²) >= 11 is 0. The molecule has 0 radical (unpaired) electrons. The quantitative estimate of drug-likeness (QED) is 0.597. The van der Waals surface area contributed by atoms with Gasteiger partial charge < -0.3 is 14.8 Å². The van der Waals surface area contributed by atoms with E-state index in [9.17, 15) is 27.2 Å². The van der Waals surface area contributed by atoms with E-state index in [4.69, 9.17) is 4.74 Å². The number of hydrogen-bond donors (Lipinski definition) is 1. The highest BCUT2D eigenvalue weighted by Crippen LogP contribution is 2.23. The third kappa shape index (κ3) is 5.38. The zero-order chi connectivity index (χ0) is 22.6. The maximum atomic E-state index is 13.4. The van der Waals surface area contributed by atoms with Crippen LogP contribution in [0.1, 0.15) is 10.4 Å². The van der Waals surface area contributed by atoms with Crippen molar-refractivity contribution < 1.29 is 31.8 Å². The van der Waals surface area contributed by atoms with Gasteiger partial charge in [0.1, 0.15) is 17.1 Å². The molecule has 31 heavy (non-hydrogen) atoms. The number of alkyl halides is 3. The third-order valence-corrected chi connectivity index (χ3v) is 3.97. The van der Waals surface area contributed by atoms with Crippen LogP contribution >= 0.6 is 0 Å². The molecule has 0 saturated heterocycles. The van der Waals surface area contributed by atoms with Crippen molar-refractivity contribution >= 4 is 11.6 Å². The first kappa shape index (κ1) is 21.8. The molecule has 0 atom stereocenters. The van der Waals surface area contributed by atoms with Gasteiger partial charge in [0.05, 0.1) is 24.7 Å².